The predicted octanol–water partition coefficient (Wildman–Crippen LogP) is 6.73. The van der Waals surface area contributed by atoms with Crippen LogP contribution in [0.2, 0.25) is 0 Å². The molecule has 230 valence electrons. The van der Waals surface area contributed by atoms with E-state index in [-0.39, 0.29) is 31.2 Å². The highest BCUT2D eigenvalue weighted by Gasteiger charge is 2.30. The van der Waals surface area contributed by atoms with Crippen molar-refractivity contribution in [2.24, 2.45) is 0 Å². The fourth-order valence-electron chi connectivity index (χ4n) is 5.02. The van der Waals surface area contributed by atoms with E-state index in [9.17, 15) is 28.6 Å². The number of halogens is 2. The lowest BCUT2D eigenvalue weighted by Crippen LogP contribution is -2.20. The SMILES string of the molecule is COC(=O)CC(O)CC(O)C=Cc1c(-c2ccc(F)cc2)c(-c2ccc(F)cc2)c(C(=O)OCc2ccccc2)n1C(C)C. The van der Waals surface area contributed by atoms with Crippen molar-refractivity contribution < 1.29 is 38.1 Å². The zero-order valence-electron chi connectivity index (χ0n) is 24.7. The number of esters is 2. The average Bonchev–Trinajstić information content (AvgIpc) is 3.35. The first-order chi connectivity index (χ1) is 21.1. The molecule has 2 N–H and O–H groups in total. The van der Waals surface area contributed by atoms with Crippen molar-refractivity contribution in [1.82, 2.24) is 4.57 Å². The molecule has 0 aliphatic heterocycles. The molecule has 0 spiro atoms. The average molecular weight is 604 g/mol. The molecule has 44 heavy (non-hydrogen) atoms. The second kappa shape index (κ2) is 14.7. The zero-order chi connectivity index (χ0) is 31.8. The van der Waals surface area contributed by atoms with E-state index in [1.54, 1.807) is 34.9 Å². The van der Waals surface area contributed by atoms with E-state index in [2.05, 4.69) is 4.74 Å². The van der Waals surface area contributed by atoms with E-state index in [0.717, 1.165) is 5.56 Å². The van der Waals surface area contributed by atoms with Gasteiger partial charge in [0.1, 0.15) is 23.9 Å². The third-order valence-electron chi connectivity index (χ3n) is 7.05. The standard InChI is InChI=1S/C35H35F2NO6/c1-22(2)38-30(18-17-28(39)19-29(40)20-31(41)43-3)32(24-9-13-26(36)14-10-24)33(25-11-15-27(37)16-12-25)34(38)35(42)44-21-23-7-5-4-6-8-23/h4-18,22,28-29,39-40H,19-21H2,1-3H3. The van der Waals surface area contributed by atoms with Gasteiger partial charge in [0.2, 0.25) is 0 Å². The van der Waals surface area contributed by atoms with Gasteiger partial charge in [-0.3, -0.25) is 4.79 Å². The lowest BCUT2D eigenvalue weighted by Gasteiger charge is -2.17. The van der Waals surface area contributed by atoms with Gasteiger partial charge < -0.3 is 24.3 Å². The van der Waals surface area contributed by atoms with E-state index in [1.807, 2.05) is 44.2 Å². The van der Waals surface area contributed by atoms with Crippen molar-refractivity contribution in [3.63, 3.8) is 0 Å². The van der Waals surface area contributed by atoms with Crippen molar-refractivity contribution in [2.75, 3.05) is 7.11 Å². The minimum Gasteiger partial charge on any atom is -0.469 e. The fourth-order valence-corrected chi connectivity index (χ4v) is 5.02. The van der Waals surface area contributed by atoms with Crippen LogP contribution in [0.25, 0.3) is 28.3 Å². The van der Waals surface area contributed by atoms with Gasteiger partial charge in [0.15, 0.2) is 0 Å². The molecule has 1 aromatic heterocycles. The van der Waals surface area contributed by atoms with Crippen LogP contribution < -0.4 is 0 Å². The molecule has 0 aliphatic carbocycles. The maximum atomic E-state index is 14.0. The highest BCUT2D eigenvalue weighted by Crippen LogP contribution is 2.43. The minimum atomic E-state index is -1.16. The number of aromatic nitrogens is 1. The van der Waals surface area contributed by atoms with Gasteiger partial charge in [-0.05, 0) is 60.9 Å². The Morgan fingerprint density at radius 2 is 1.43 bits per heavy atom. The molecular formula is C35H35F2NO6. The number of ether oxygens (including phenoxy) is 2. The van der Waals surface area contributed by atoms with Crippen LogP contribution in [-0.4, -0.2) is 46.0 Å². The molecule has 4 rings (SSSR count). The topological polar surface area (TPSA) is 98.0 Å². The number of aliphatic hydroxyl groups excluding tert-OH is 2. The summed E-state index contributed by atoms with van der Waals surface area (Å²) in [6.07, 6.45) is 0.348. The molecule has 3 aromatic carbocycles. The maximum absolute atomic E-state index is 14.0. The molecule has 0 radical (unpaired) electrons. The number of rotatable bonds is 12. The van der Waals surface area contributed by atoms with E-state index >= 15 is 0 Å². The number of methoxy groups -OCH3 is 1. The number of carbonyl (C=O) groups excluding carboxylic acids is 2. The van der Waals surface area contributed by atoms with Crippen LogP contribution >= 0.6 is 0 Å². The highest BCUT2D eigenvalue weighted by atomic mass is 19.1. The van der Waals surface area contributed by atoms with Gasteiger partial charge in [0, 0.05) is 29.3 Å². The monoisotopic (exact) mass is 603 g/mol. The Balaban J connectivity index is 1.90. The van der Waals surface area contributed by atoms with Crippen molar-refractivity contribution in [3.8, 4) is 22.3 Å². The molecule has 9 heteroatoms. The van der Waals surface area contributed by atoms with Crippen LogP contribution in [0, 0.1) is 11.6 Å². The Labute approximate surface area is 255 Å². The van der Waals surface area contributed by atoms with Crippen LogP contribution in [0.1, 0.15) is 54.5 Å². The molecule has 4 aromatic rings. The van der Waals surface area contributed by atoms with E-state index in [1.165, 1.54) is 37.5 Å². The summed E-state index contributed by atoms with van der Waals surface area (Å²) in [7, 11) is 1.21. The summed E-state index contributed by atoms with van der Waals surface area (Å²) >= 11 is 0. The van der Waals surface area contributed by atoms with Crippen molar-refractivity contribution in [2.45, 2.75) is 51.5 Å². The first-order valence-electron chi connectivity index (χ1n) is 14.2. The van der Waals surface area contributed by atoms with Crippen molar-refractivity contribution >= 4 is 18.0 Å². The highest BCUT2D eigenvalue weighted by molar-refractivity contribution is 6.04. The molecule has 0 saturated heterocycles. The second-order valence-corrected chi connectivity index (χ2v) is 10.6. The zero-order valence-corrected chi connectivity index (χ0v) is 24.7. The molecule has 7 nitrogen and oxygen atoms in total. The summed E-state index contributed by atoms with van der Waals surface area (Å²) in [5.74, 6) is -2.14. The summed E-state index contributed by atoms with van der Waals surface area (Å²) in [6, 6.07) is 20.4. The molecule has 0 saturated carbocycles. The number of carbonyl (C=O) groups is 2. The second-order valence-electron chi connectivity index (χ2n) is 10.6. The van der Waals surface area contributed by atoms with Crippen LogP contribution in [0.15, 0.2) is 84.9 Å². The van der Waals surface area contributed by atoms with Crippen LogP contribution in [0.3, 0.4) is 0 Å². The quantitative estimate of drug-likeness (QED) is 0.174. The lowest BCUT2D eigenvalue weighted by molar-refractivity contribution is -0.143. The minimum absolute atomic E-state index is 0.0135. The predicted molar refractivity (Wildman–Crippen MR) is 163 cm³/mol. The largest absolute Gasteiger partial charge is 0.469 e. The molecular weight excluding hydrogens is 568 g/mol. The van der Waals surface area contributed by atoms with Crippen LogP contribution in [0.4, 0.5) is 8.78 Å². The number of nitrogens with zero attached hydrogens (tertiary/aromatic N) is 1. The number of hydrogen-bond donors (Lipinski definition) is 2. The van der Waals surface area contributed by atoms with Gasteiger partial charge in [0.05, 0.1) is 25.7 Å². The van der Waals surface area contributed by atoms with Gasteiger partial charge >= 0.3 is 11.9 Å². The van der Waals surface area contributed by atoms with Gasteiger partial charge in [-0.25, -0.2) is 13.6 Å². The van der Waals surface area contributed by atoms with Crippen LogP contribution in [-0.2, 0) is 20.9 Å². The molecule has 1 heterocycles. The Hall–Kier alpha value is -4.60. The Morgan fingerprint density at radius 3 is 1.98 bits per heavy atom. The summed E-state index contributed by atoms with van der Waals surface area (Å²) in [5.41, 5.74) is 3.57. The first-order valence-corrected chi connectivity index (χ1v) is 14.2. The molecule has 0 fully saturated rings. The first kappa shape index (κ1) is 32.3. The lowest BCUT2D eigenvalue weighted by atomic mass is 9.94. The summed E-state index contributed by atoms with van der Waals surface area (Å²) in [6.45, 7) is 3.77. The third-order valence-corrected chi connectivity index (χ3v) is 7.05. The fraction of sp³-hybridized carbons (Fsp3) is 0.257. The molecule has 2 atom stereocenters. The van der Waals surface area contributed by atoms with E-state index in [0.29, 0.717) is 27.9 Å². The Morgan fingerprint density at radius 1 is 0.864 bits per heavy atom. The number of aliphatic hydroxyl groups is 2. The summed E-state index contributed by atoms with van der Waals surface area (Å²) in [5, 5.41) is 21.0. The van der Waals surface area contributed by atoms with Gasteiger partial charge in [-0.1, -0.05) is 60.7 Å². The molecule has 0 amide bonds. The molecule has 2 unspecified atom stereocenters. The number of hydrogen-bond acceptors (Lipinski definition) is 6. The molecule has 0 bridgehead atoms. The van der Waals surface area contributed by atoms with Crippen molar-refractivity contribution in [1.29, 1.82) is 0 Å². The normalized spacial score (nSPS) is 12.8. The Kier molecular flexibility index (Phi) is 10.8. The van der Waals surface area contributed by atoms with Crippen LogP contribution in [0.5, 0.6) is 0 Å². The van der Waals surface area contributed by atoms with Gasteiger partial charge in [0.25, 0.3) is 0 Å². The Bertz CT molecular complexity index is 1600. The van der Waals surface area contributed by atoms with Crippen molar-refractivity contribution in [3.05, 3.63) is 114 Å². The smallest absolute Gasteiger partial charge is 0.355 e. The van der Waals surface area contributed by atoms with E-state index in [4.69, 9.17) is 4.74 Å². The summed E-state index contributed by atoms with van der Waals surface area (Å²) in [4.78, 5) is 25.5. The summed E-state index contributed by atoms with van der Waals surface area (Å²) < 4.78 is 40.2. The third kappa shape index (κ3) is 7.86. The number of benzene rings is 3. The van der Waals surface area contributed by atoms with E-state index < -0.39 is 35.8 Å². The maximum Gasteiger partial charge on any atom is 0.355 e. The van der Waals surface area contributed by atoms with Gasteiger partial charge in [-0.15, -0.1) is 0 Å². The molecule has 0 aliphatic rings. The van der Waals surface area contributed by atoms with Gasteiger partial charge in [-0.2, -0.15) is 0 Å².